The lowest BCUT2D eigenvalue weighted by molar-refractivity contribution is -0.137. The van der Waals surface area contributed by atoms with Crippen LogP contribution in [0.2, 0.25) is 0 Å². The molecule has 10 heteroatoms. The topological polar surface area (TPSA) is 133 Å². The molecule has 39 heavy (non-hydrogen) atoms. The van der Waals surface area contributed by atoms with E-state index in [1.165, 1.54) is 19.2 Å². The Bertz CT molecular complexity index is 1580. The minimum Gasteiger partial charge on any atom is -0.508 e. The third-order valence-electron chi connectivity index (χ3n) is 6.43. The van der Waals surface area contributed by atoms with E-state index in [1.807, 2.05) is 17.8 Å². The van der Waals surface area contributed by atoms with Gasteiger partial charge in [-0.05, 0) is 47.5 Å². The first-order chi connectivity index (χ1) is 18.9. The van der Waals surface area contributed by atoms with E-state index in [0.29, 0.717) is 28.5 Å². The fourth-order valence-electron chi connectivity index (χ4n) is 4.47. The Labute approximate surface area is 223 Å². The third-order valence-corrected chi connectivity index (χ3v) is 6.43. The van der Waals surface area contributed by atoms with E-state index in [1.54, 1.807) is 55.0 Å². The van der Waals surface area contributed by atoms with Crippen LogP contribution in [0.15, 0.2) is 73.0 Å². The van der Waals surface area contributed by atoms with Crippen LogP contribution in [0.4, 0.5) is 0 Å². The highest BCUT2D eigenvalue weighted by Crippen LogP contribution is 2.47. The Morgan fingerprint density at radius 2 is 2.03 bits per heavy atom. The zero-order valence-corrected chi connectivity index (χ0v) is 21.2. The number of Topliss-reactive ketones (excluding diaryl/α,β-unsaturated/α-hetero) is 1. The molecule has 2 N–H and O–H groups in total. The predicted octanol–water partition coefficient (Wildman–Crippen LogP) is 4.33. The van der Waals surface area contributed by atoms with Gasteiger partial charge in [0.2, 0.25) is 5.78 Å². The first-order valence-electron chi connectivity index (χ1n) is 12.0. The molecule has 198 valence electrons. The van der Waals surface area contributed by atoms with Crippen molar-refractivity contribution in [2.24, 2.45) is 7.05 Å². The second kappa shape index (κ2) is 10.7. The van der Waals surface area contributed by atoms with Gasteiger partial charge in [0, 0.05) is 43.3 Å². The van der Waals surface area contributed by atoms with Crippen molar-refractivity contribution in [2.45, 2.75) is 18.9 Å². The monoisotopic (exact) mass is 527 g/mol. The number of aliphatic carboxylic acids is 1. The Morgan fingerprint density at radius 3 is 2.72 bits per heavy atom. The molecule has 0 fully saturated rings. The number of carbonyl (C=O) groups excluding carboxylic acids is 1. The molecule has 0 radical (unpaired) electrons. The molecular formula is C29H25N3O7. The van der Waals surface area contributed by atoms with Crippen molar-refractivity contribution in [3.05, 3.63) is 101 Å². The summed E-state index contributed by atoms with van der Waals surface area (Å²) in [6, 6.07) is 11.4. The van der Waals surface area contributed by atoms with E-state index in [-0.39, 0.29) is 47.2 Å². The summed E-state index contributed by atoms with van der Waals surface area (Å²) >= 11 is 0. The second-order valence-electron chi connectivity index (χ2n) is 8.90. The van der Waals surface area contributed by atoms with Crippen LogP contribution in [-0.2, 0) is 18.4 Å². The van der Waals surface area contributed by atoms with Gasteiger partial charge in [-0.2, -0.15) is 0 Å². The first-order valence-corrected chi connectivity index (χ1v) is 12.0. The molecule has 2 aromatic carbocycles. The molecule has 1 aliphatic heterocycles. The fraction of sp³-hybridized carbons (Fsp3) is 0.172. The molecule has 3 heterocycles. The average Bonchev–Trinajstić information content (AvgIpc) is 3.48. The SMILES string of the molecule is COc1cc(C(CC(=O)O)c2c(O)ccc3c2O/C(=C\c2cccnc2)C3=O)ccc1OCc1nccn1C. The van der Waals surface area contributed by atoms with Crippen LogP contribution < -0.4 is 14.2 Å². The van der Waals surface area contributed by atoms with E-state index >= 15 is 0 Å². The van der Waals surface area contributed by atoms with Crippen molar-refractivity contribution < 1.29 is 34.0 Å². The molecule has 0 saturated carbocycles. The van der Waals surface area contributed by atoms with Gasteiger partial charge in [0.25, 0.3) is 0 Å². The highest BCUT2D eigenvalue weighted by molar-refractivity contribution is 6.15. The molecule has 0 spiro atoms. The number of hydrogen-bond donors (Lipinski definition) is 2. The number of nitrogens with zero attached hydrogens (tertiary/aromatic N) is 3. The summed E-state index contributed by atoms with van der Waals surface area (Å²) in [6.07, 6.45) is 7.86. The highest BCUT2D eigenvalue weighted by atomic mass is 16.5. The maximum Gasteiger partial charge on any atom is 0.304 e. The number of methoxy groups -OCH3 is 1. The van der Waals surface area contributed by atoms with Gasteiger partial charge < -0.3 is 29.0 Å². The average molecular weight is 528 g/mol. The molecular weight excluding hydrogens is 502 g/mol. The molecule has 10 nitrogen and oxygen atoms in total. The Hall–Kier alpha value is -5.12. The summed E-state index contributed by atoms with van der Waals surface area (Å²) in [4.78, 5) is 33.4. The number of carboxylic acids is 1. The number of aromatic nitrogens is 3. The van der Waals surface area contributed by atoms with Crippen LogP contribution >= 0.6 is 0 Å². The van der Waals surface area contributed by atoms with Crippen LogP contribution in [0.3, 0.4) is 0 Å². The van der Waals surface area contributed by atoms with Crippen LogP contribution in [0, 0.1) is 0 Å². The Kier molecular flexibility index (Phi) is 7.00. The summed E-state index contributed by atoms with van der Waals surface area (Å²) in [5, 5.41) is 20.7. The molecule has 2 aromatic heterocycles. The number of aromatic hydroxyl groups is 1. The Balaban J connectivity index is 1.52. The number of ether oxygens (including phenoxy) is 3. The number of phenolic OH excluding ortho intramolecular Hbond substituents is 1. The van der Waals surface area contributed by atoms with Crippen molar-refractivity contribution in [1.29, 1.82) is 0 Å². The minimum absolute atomic E-state index is 0.0505. The largest absolute Gasteiger partial charge is 0.508 e. The number of ketones is 1. The van der Waals surface area contributed by atoms with Crippen molar-refractivity contribution in [3.63, 3.8) is 0 Å². The number of fused-ring (bicyclic) bond motifs is 1. The number of imidazole rings is 1. The van der Waals surface area contributed by atoms with E-state index in [9.17, 15) is 19.8 Å². The number of allylic oxidation sites excluding steroid dienone is 1. The number of carboxylic acid groups (broad SMARTS) is 1. The Morgan fingerprint density at radius 1 is 1.18 bits per heavy atom. The van der Waals surface area contributed by atoms with Crippen molar-refractivity contribution >= 4 is 17.8 Å². The quantitative estimate of drug-likeness (QED) is 0.305. The smallest absolute Gasteiger partial charge is 0.304 e. The summed E-state index contributed by atoms with van der Waals surface area (Å²) in [5.74, 6) is -0.824. The van der Waals surface area contributed by atoms with Crippen LogP contribution in [0.1, 0.15) is 45.2 Å². The standard InChI is InChI=1S/C29H25N3O7/c1-32-11-10-31-25(32)16-38-22-8-5-18(13-23(22)37-2)20(14-26(34)35)27-21(33)7-6-19-28(36)24(39-29(19)27)12-17-4-3-9-30-15-17/h3-13,15,20,33H,14,16H2,1-2H3,(H,34,35)/b24-12-. The number of aryl methyl sites for hydroxylation is 1. The van der Waals surface area contributed by atoms with Crippen molar-refractivity contribution in [3.8, 4) is 23.0 Å². The predicted molar refractivity (Wildman–Crippen MR) is 140 cm³/mol. The minimum atomic E-state index is -1.10. The molecule has 5 rings (SSSR count). The van der Waals surface area contributed by atoms with Gasteiger partial charge in [-0.25, -0.2) is 4.98 Å². The molecule has 1 unspecified atom stereocenters. The maximum absolute atomic E-state index is 13.1. The lowest BCUT2D eigenvalue weighted by Crippen LogP contribution is -2.10. The number of rotatable bonds is 9. The molecule has 0 saturated heterocycles. The van der Waals surface area contributed by atoms with Gasteiger partial charge in [-0.3, -0.25) is 14.6 Å². The van der Waals surface area contributed by atoms with Gasteiger partial charge >= 0.3 is 5.97 Å². The summed E-state index contributed by atoms with van der Waals surface area (Å²) < 4.78 is 19.2. The number of benzene rings is 2. The van der Waals surface area contributed by atoms with E-state index in [2.05, 4.69) is 9.97 Å². The molecule has 0 aliphatic carbocycles. The van der Waals surface area contributed by atoms with Gasteiger partial charge in [-0.15, -0.1) is 0 Å². The molecule has 0 amide bonds. The van der Waals surface area contributed by atoms with Gasteiger partial charge in [-0.1, -0.05) is 12.1 Å². The number of hydrogen-bond acceptors (Lipinski definition) is 8. The summed E-state index contributed by atoms with van der Waals surface area (Å²) in [6.45, 7) is 0.201. The van der Waals surface area contributed by atoms with Gasteiger partial charge in [0.1, 0.15) is 23.9 Å². The lowest BCUT2D eigenvalue weighted by Gasteiger charge is -2.21. The second-order valence-corrected chi connectivity index (χ2v) is 8.90. The number of pyridine rings is 1. The number of phenols is 1. The van der Waals surface area contributed by atoms with E-state index in [0.717, 1.165) is 0 Å². The van der Waals surface area contributed by atoms with Crippen LogP contribution in [0.5, 0.6) is 23.0 Å². The molecule has 1 aliphatic rings. The van der Waals surface area contributed by atoms with Gasteiger partial charge in [0.05, 0.1) is 19.1 Å². The zero-order chi connectivity index (χ0) is 27.5. The highest BCUT2D eigenvalue weighted by Gasteiger charge is 2.35. The molecule has 4 aromatic rings. The van der Waals surface area contributed by atoms with E-state index in [4.69, 9.17) is 14.2 Å². The normalized spacial score (nSPS) is 14.1. The van der Waals surface area contributed by atoms with Crippen LogP contribution in [0.25, 0.3) is 6.08 Å². The van der Waals surface area contributed by atoms with E-state index < -0.39 is 11.9 Å². The first kappa shape index (κ1) is 25.5. The molecule has 1 atom stereocenters. The molecule has 0 bridgehead atoms. The third kappa shape index (κ3) is 5.17. The zero-order valence-electron chi connectivity index (χ0n) is 21.2. The summed E-state index contributed by atoms with van der Waals surface area (Å²) in [5.41, 5.74) is 1.62. The van der Waals surface area contributed by atoms with Crippen LogP contribution in [-0.4, -0.2) is 43.6 Å². The summed E-state index contributed by atoms with van der Waals surface area (Å²) in [7, 11) is 3.34. The maximum atomic E-state index is 13.1. The lowest BCUT2D eigenvalue weighted by atomic mass is 9.86. The van der Waals surface area contributed by atoms with Gasteiger partial charge in [0.15, 0.2) is 17.3 Å². The van der Waals surface area contributed by atoms with Crippen molar-refractivity contribution in [2.75, 3.05) is 7.11 Å². The van der Waals surface area contributed by atoms with Crippen molar-refractivity contribution in [1.82, 2.24) is 14.5 Å². The fourth-order valence-corrected chi connectivity index (χ4v) is 4.47. The number of carbonyl (C=O) groups is 2.